The Bertz CT molecular complexity index is 864. The second-order valence-electron chi connectivity index (χ2n) is 4.52. The molecule has 0 amide bonds. The minimum absolute atomic E-state index is 0.0181. The highest BCUT2D eigenvalue weighted by atomic mass is 35.5. The number of carbonyl (C=O) groups excluding carboxylic acids is 1. The van der Waals surface area contributed by atoms with Crippen LogP contribution in [0.5, 0.6) is 0 Å². The zero-order valence-corrected chi connectivity index (χ0v) is 13.2. The first-order valence-corrected chi connectivity index (χ1v) is 7.17. The molecule has 0 unspecified atom stereocenters. The molecule has 2 rings (SSSR count). The van der Waals surface area contributed by atoms with E-state index in [2.05, 4.69) is 0 Å². The smallest absolute Gasteiger partial charge is 0.349 e. The standard InChI is InChI=1S/C16H11ClN2O5/c1-2-23-16(20)11(9-18)7-12-4-6-15(24-12)10-3-5-13(17)14(8-10)19(21)22/h3-8H,2H2,1H3/b11-7-. The van der Waals surface area contributed by atoms with E-state index >= 15 is 0 Å². The number of benzene rings is 1. The molecule has 0 atom stereocenters. The molecule has 0 radical (unpaired) electrons. The maximum Gasteiger partial charge on any atom is 0.349 e. The number of ether oxygens (including phenoxy) is 1. The lowest BCUT2D eigenvalue weighted by Crippen LogP contribution is -2.05. The summed E-state index contributed by atoms with van der Waals surface area (Å²) in [4.78, 5) is 21.9. The Morgan fingerprint density at radius 3 is 2.83 bits per heavy atom. The first-order valence-electron chi connectivity index (χ1n) is 6.79. The van der Waals surface area contributed by atoms with Crippen LogP contribution in [0.25, 0.3) is 17.4 Å². The maximum atomic E-state index is 11.6. The van der Waals surface area contributed by atoms with E-state index in [4.69, 9.17) is 26.0 Å². The van der Waals surface area contributed by atoms with E-state index < -0.39 is 10.9 Å². The van der Waals surface area contributed by atoms with Gasteiger partial charge in [0.1, 0.15) is 28.2 Å². The van der Waals surface area contributed by atoms with Gasteiger partial charge in [0.05, 0.1) is 11.5 Å². The Labute approximate surface area is 141 Å². The SMILES string of the molecule is CCOC(=O)/C(C#N)=C\c1ccc(-c2ccc(Cl)c([N+](=O)[O-])c2)o1. The fourth-order valence-corrected chi connectivity index (χ4v) is 2.07. The van der Waals surface area contributed by atoms with Crippen molar-refractivity contribution >= 4 is 29.3 Å². The molecule has 122 valence electrons. The Morgan fingerprint density at radius 2 is 2.21 bits per heavy atom. The summed E-state index contributed by atoms with van der Waals surface area (Å²) in [5.41, 5.74) is -0.00729. The van der Waals surface area contributed by atoms with Gasteiger partial charge >= 0.3 is 5.97 Å². The van der Waals surface area contributed by atoms with Gasteiger partial charge in [-0.15, -0.1) is 0 Å². The van der Waals surface area contributed by atoms with Gasteiger partial charge in [-0.25, -0.2) is 4.79 Å². The highest BCUT2D eigenvalue weighted by Crippen LogP contribution is 2.31. The minimum Gasteiger partial charge on any atom is -0.462 e. The maximum absolute atomic E-state index is 11.6. The Morgan fingerprint density at radius 1 is 1.46 bits per heavy atom. The summed E-state index contributed by atoms with van der Waals surface area (Å²) in [6.07, 6.45) is 1.24. The van der Waals surface area contributed by atoms with Crippen molar-refractivity contribution in [3.05, 3.63) is 56.8 Å². The minimum atomic E-state index is -0.750. The number of furan rings is 1. The van der Waals surface area contributed by atoms with E-state index in [-0.39, 0.29) is 28.7 Å². The van der Waals surface area contributed by atoms with Crippen LogP contribution in [-0.2, 0) is 9.53 Å². The average Bonchev–Trinajstić information content (AvgIpc) is 3.01. The van der Waals surface area contributed by atoms with E-state index in [0.717, 1.165) is 0 Å². The summed E-state index contributed by atoms with van der Waals surface area (Å²) in [5, 5.41) is 19.9. The third kappa shape index (κ3) is 3.80. The lowest BCUT2D eigenvalue weighted by atomic mass is 10.1. The van der Waals surface area contributed by atoms with Gasteiger partial charge in [-0.3, -0.25) is 10.1 Å². The van der Waals surface area contributed by atoms with Gasteiger partial charge in [0.25, 0.3) is 5.69 Å². The third-order valence-electron chi connectivity index (χ3n) is 2.96. The quantitative estimate of drug-likeness (QED) is 0.266. The lowest BCUT2D eigenvalue weighted by Gasteiger charge is -2.00. The first-order chi connectivity index (χ1) is 11.5. The third-order valence-corrected chi connectivity index (χ3v) is 3.28. The van der Waals surface area contributed by atoms with E-state index in [1.807, 2.05) is 0 Å². The van der Waals surface area contributed by atoms with Crippen LogP contribution >= 0.6 is 11.6 Å². The van der Waals surface area contributed by atoms with Crippen molar-refractivity contribution in [3.63, 3.8) is 0 Å². The number of nitro groups is 1. The van der Waals surface area contributed by atoms with Gasteiger partial charge in [0.15, 0.2) is 0 Å². The molecular formula is C16H11ClN2O5. The molecule has 2 aromatic rings. The molecule has 0 aliphatic carbocycles. The summed E-state index contributed by atoms with van der Waals surface area (Å²) in [6.45, 7) is 1.78. The normalized spacial score (nSPS) is 11.0. The Kier molecular flexibility index (Phi) is 5.35. The van der Waals surface area contributed by atoms with Crippen LogP contribution < -0.4 is 0 Å². The van der Waals surface area contributed by atoms with Gasteiger partial charge in [-0.2, -0.15) is 5.26 Å². The lowest BCUT2D eigenvalue weighted by molar-refractivity contribution is -0.384. The molecule has 0 spiro atoms. The molecule has 0 bridgehead atoms. The van der Waals surface area contributed by atoms with Crippen molar-refractivity contribution in [2.24, 2.45) is 0 Å². The first kappa shape index (κ1) is 17.2. The van der Waals surface area contributed by atoms with E-state index in [9.17, 15) is 14.9 Å². The molecule has 24 heavy (non-hydrogen) atoms. The second-order valence-corrected chi connectivity index (χ2v) is 4.92. The number of hydrogen-bond acceptors (Lipinski definition) is 6. The molecule has 0 fully saturated rings. The molecule has 0 saturated carbocycles. The Hall–Kier alpha value is -3.11. The molecule has 1 aromatic carbocycles. The van der Waals surface area contributed by atoms with Crippen molar-refractivity contribution in [3.8, 4) is 17.4 Å². The molecule has 1 aromatic heterocycles. The average molecular weight is 347 g/mol. The monoisotopic (exact) mass is 346 g/mol. The van der Waals surface area contributed by atoms with Gasteiger partial charge < -0.3 is 9.15 Å². The van der Waals surface area contributed by atoms with Crippen LogP contribution in [0.4, 0.5) is 5.69 Å². The summed E-state index contributed by atoms with van der Waals surface area (Å²) in [6, 6.07) is 9.08. The number of hydrogen-bond donors (Lipinski definition) is 0. The van der Waals surface area contributed by atoms with Crippen molar-refractivity contribution in [1.29, 1.82) is 5.26 Å². The van der Waals surface area contributed by atoms with E-state index in [1.54, 1.807) is 25.1 Å². The van der Waals surface area contributed by atoms with Crippen LogP contribution in [0.1, 0.15) is 12.7 Å². The summed E-state index contributed by atoms with van der Waals surface area (Å²) in [7, 11) is 0. The molecule has 0 aliphatic heterocycles. The van der Waals surface area contributed by atoms with E-state index in [1.165, 1.54) is 24.3 Å². The van der Waals surface area contributed by atoms with Gasteiger partial charge in [0, 0.05) is 17.7 Å². The fraction of sp³-hybridized carbons (Fsp3) is 0.125. The van der Waals surface area contributed by atoms with Crippen molar-refractivity contribution < 1.29 is 18.9 Å². The fourth-order valence-electron chi connectivity index (χ4n) is 1.88. The summed E-state index contributed by atoms with van der Waals surface area (Å²) in [5.74, 6) is -0.172. The molecule has 0 saturated heterocycles. The van der Waals surface area contributed by atoms with Gasteiger partial charge in [-0.05, 0) is 31.2 Å². The van der Waals surface area contributed by atoms with Crippen molar-refractivity contribution in [1.82, 2.24) is 0 Å². The molecule has 8 heteroatoms. The topological polar surface area (TPSA) is 106 Å². The predicted octanol–water partition coefficient (Wildman–Crippen LogP) is 3.98. The Balaban J connectivity index is 2.34. The largest absolute Gasteiger partial charge is 0.462 e. The van der Waals surface area contributed by atoms with Crippen LogP contribution in [0.15, 0.2) is 40.3 Å². The molecule has 7 nitrogen and oxygen atoms in total. The highest BCUT2D eigenvalue weighted by Gasteiger charge is 2.16. The number of nitriles is 1. The predicted molar refractivity (Wildman–Crippen MR) is 86.0 cm³/mol. The molecular weight excluding hydrogens is 336 g/mol. The van der Waals surface area contributed by atoms with Gasteiger partial charge in [-0.1, -0.05) is 11.6 Å². The summed E-state index contributed by atoms with van der Waals surface area (Å²) >= 11 is 5.77. The van der Waals surface area contributed by atoms with Crippen LogP contribution in [0, 0.1) is 21.4 Å². The van der Waals surface area contributed by atoms with Crippen molar-refractivity contribution in [2.45, 2.75) is 6.92 Å². The van der Waals surface area contributed by atoms with Gasteiger partial charge in [0.2, 0.25) is 0 Å². The number of rotatable bonds is 5. The number of carbonyl (C=O) groups is 1. The molecule has 0 N–H and O–H groups in total. The van der Waals surface area contributed by atoms with Crippen LogP contribution in [0.2, 0.25) is 5.02 Å². The molecule has 0 aliphatic rings. The zero-order chi connectivity index (χ0) is 17.7. The number of nitrogens with zero attached hydrogens (tertiary/aromatic N) is 2. The number of halogens is 1. The number of nitro benzene ring substituents is 1. The van der Waals surface area contributed by atoms with Crippen LogP contribution in [-0.4, -0.2) is 17.5 Å². The number of esters is 1. The van der Waals surface area contributed by atoms with E-state index in [0.29, 0.717) is 11.3 Å². The van der Waals surface area contributed by atoms with Crippen LogP contribution in [0.3, 0.4) is 0 Å². The highest BCUT2D eigenvalue weighted by molar-refractivity contribution is 6.32. The summed E-state index contributed by atoms with van der Waals surface area (Å²) < 4.78 is 10.3. The zero-order valence-electron chi connectivity index (χ0n) is 12.5. The van der Waals surface area contributed by atoms with Crippen molar-refractivity contribution in [2.75, 3.05) is 6.61 Å². The second kappa shape index (κ2) is 7.44. The molecule has 1 heterocycles.